The predicted molar refractivity (Wildman–Crippen MR) is 74.4 cm³/mol. The fourth-order valence-corrected chi connectivity index (χ4v) is 2.43. The van der Waals surface area contributed by atoms with Crippen molar-refractivity contribution in [3.8, 4) is 0 Å². The summed E-state index contributed by atoms with van der Waals surface area (Å²) in [4.78, 5) is 1.25. The summed E-state index contributed by atoms with van der Waals surface area (Å²) in [6.45, 7) is 4.22. The maximum absolute atomic E-state index is 6.11. The van der Waals surface area contributed by atoms with Gasteiger partial charge in [0.05, 0.1) is 17.4 Å². The Morgan fingerprint density at radius 2 is 2.18 bits per heavy atom. The van der Waals surface area contributed by atoms with Crippen LogP contribution in [0, 0.1) is 0 Å². The Hall–Kier alpha value is -1.00. The molecule has 1 aromatic heterocycles. The van der Waals surface area contributed by atoms with E-state index in [1.165, 1.54) is 10.3 Å². The van der Waals surface area contributed by atoms with Gasteiger partial charge in [-0.1, -0.05) is 13.8 Å². The second-order valence-electron chi connectivity index (χ2n) is 4.10. The lowest BCUT2D eigenvalue weighted by atomic mass is 10.2. The molecule has 2 aromatic rings. The average molecular weight is 249 g/mol. The number of aromatic nitrogens is 2. The molecule has 0 aliphatic carbocycles. The van der Waals surface area contributed by atoms with Crippen LogP contribution in [-0.2, 0) is 6.42 Å². The third kappa shape index (κ3) is 2.19. The van der Waals surface area contributed by atoms with Crippen molar-refractivity contribution >= 4 is 22.7 Å². The molecule has 0 radical (unpaired) electrons. The largest absolute Gasteiger partial charge is 0.310 e. The van der Waals surface area contributed by atoms with Crippen LogP contribution in [0.1, 0.15) is 32.1 Å². The number of fused-ring (bicyclic) bond motifs is 1. The summed E-state index contributed by atoms with van der Waals surface area (Å²) >= 11 is 1.75. The van der Waals surface area contributed by atoms with Gasteiger partial charge in [0.25, 0.3) is 0 Å². The first kappa shape index (κ1) is 12.5. The van der Waals surface area contributed by atoms with Crippen molar-refractivity contribution in [3.63, 3.8) is 0 Å². The highest BCUT2D eigenvalue weighted by Gasteiger charge is 2.13. The first-order valence-electron chi connectivity index (χ1n) is 6.02. The maximum atomic E-state index is 6.11. The van der Waals surface area contributed by atoms with E-state index >= 15 is 0 Å². The highest BCUT2D eigenvalue weighted by Crippen LogP contribution is 2.26. The van der Waals surface area contributed by atoms with Crippen LogP contribution >= 0.6 is 11.8 Å². The molecule has 0 amide bonds. The second-order valence-corrected chi connectivity index (χ2v) is 4.98. The molecular formula is C13H19N3S. The molecule has 2 rings (SSSR count). The zero-order valence-corrected chi connectivity index (χ0v) is 11.4. The van der Waals surface area contributed by atoms with E-state index in [0.29, 0.717) is 0 Å². The number of nitrogens with two attached hydrogens (primary N) is 1. The number of hydrogen-bond acceptors (Lipinski definition) is 3. The molecule has 2 N–H and O–H groups in total. The number of rotatable bonds is 4. The quantitative estimate of drug-likeness (QED) is 0.846. The Balaban J connectivity index is 2.65. The van der Waals surface area contributed by atoms with Crippen molar-refractivity contribution in [1.82, 2.24) is 9.78 Å². The van der Waals surface area contributed by atoms with E-state index in [2.05, 4.69) is 43.4 Å². The molecule has 0 fully saturated rings. The SMILES string of the molecule is CCc1nn(C(N)CC)c2cc(SC)ccc12. The van der Waals surface area contributed by atoms with E-state index in [4.69, 9.17) is 5.73 Å². The molecule has 1 aromatic carbocycles. The molecule has 0 saturated carbocycles. The lowest BCUT2D eigenvalue weighted by molar-refractivity contribution is 0.466. The first-order valence-corrected chi connectivity index (χ1v) is 7.24. The number of nitrogens with zero attached hydrogens (tertiary/aromatic N) is 2. The summed E-state index contributed by atoms with van der Waals surface area (Å²) in [6, 6.07) is 6.49. The second kappa shape index (κ2) is 5.10. The van der Waals surface area contributed by atoms with E-state index < -0.39 is 0 Å². The predicted octanol–water partition coefficient (Wildman–Crippen LogP) is 3.19. The molecule has 3 nitrogen and oxygen atoms in total. The molecule has 1 unspecified atom stereocenters. The summed E-state index contributed by atoms with van der Waals surface area (Å²) in [5, 5.41) is 5.87. The van der Waals surface area contributed by atoms with Gasteiger partial charge in [0.2, 0.25) is 0 Å². The molecule has 0 aliphatic rings. The summed E-state index contributed by atoms with van der Waals surface area (Å²) in [5.74, 6) is 0. The topological polar surface area (TPSA) is 43.8 Å². The highest BCUT2D eigenvalue weighted by atomic mass is 32.2. The van der Waals surface area contributed by atoms with E-state index in [1.807, 2.05) is 4.68 Å². The van der Waals surface area contributed by atoms with Gasteiger partial charge in [0, 0.05) is 10.3 Å². The Morgan fingerprint density at radius 1 is 1.41 bits per heavy atom. The van der Waals surface area contributed by atoms with Gasteiger partial charge in [0.15, 0.2) is 0 Å². The third-order valence-electron chi connectivity index (χ3n) is 3.06. The monoisotopic (exact) mass is 249 g/mol. The normalized spacial score (nSPS) is 13.2. The third-order valence-corrected chi connectivity index (χ3v) is 3.78. The van der Waals surface area contributed by atoms with E-state index in [1.54, 1.807) is 11.8 Å². The van der Waals surface area contributed by atoms with Crippen molar-refractivity contribution < 1.29 is 0 Å². The molecule has 0 aliphatic heterocycles. The average Bonchev–Trinajstić information content (AvgIpc) is 2.75. The van der Waals surface area contributed by atoms with Crippen molar-refractivity contribution in [3.05, 3.63) is 23.9 Å². The molecule has 4 heteroatoms. The van der Waals surface area contributed by atoms with Gasteiger partial charge in [-0.15, -0.1) is 11.8 Å². The van der Waals surface area contributed by atoms with E-state index in [0.717, 1.165) is 24.1 Å². The Bertz CT molecular complexity index is 519. The number of aryl methyl sites for hydroxylation is 1. The maximum Gasteiger partial charge on any atom is 0.0993 e. The van der Waals surface area contributed by atoms with Gasteiger partial charge >= 0.3 is 0 Å². The fourth-order valence-electron chi connectivity index (χ4n) is 2.00. The summed E-state index contributed by atoms with van der Waals surface area (Å²) in [5.41, 5.74) is 8.40. The van der Waals surface area contributed by atoms with Crippen LogP contribution in [0.2, 0.25) is 0 Å². The van der Waals surface area contributed by atoms with E-state index in [9.17, 15) is 0 Å². The molecule has 0 spiro atoms. The van der Waals surface area contributed by atoms with Crippen molar-refractivity contribution in [1.29, 1.82) is 0 Å². The molecule has 92 valence electrons. The Kier molecular flexibility index (Phi) is 3.74. The minimum atomic E-state index is -0.0325. The first-order chi connectivity index (χ1) is 8.21. The van der Waals surface area contributed by atoms with Gasteiger partial charge < -0.3 is 5.73 Å². The number of hydrogen-bond donors (Lipinski definition) is 1. The molecule has 1 atom stereocenters. The Morgan fingerprint density at radius 3 is 2.76 bits per heavy atom. The van der Waals surface area contributed by atoms with Gasteiger partial charge in [-0.3, -0.25) is 0 Å². The van der Waals surface area contributed by atoms with Crippen molar-refractivity contribution in [2.75, 3.05) is 6.26 Å². The minimum Gasteiger partial charge on any atom is -0.310 e. The van der Waals surface area contributed by atoms with Crippen LogP contribution < -0.4 is 5.73 Å². The standard InChI is InChI=1S/C13H19N3S/c1-4-11-10-7-6-9(17-3)8-12(10)16(15-11)13(14)5-2/h6-8,13H,4-5,14H2,1-3H3. The molecule has 1 heterocycles. The van der Waals surface area contributed by atoms with Crippen LogP contribution in [0.5, 0.6) is 0 Å². The van der Waals surface area contributed by atoms with E-state index in [-0.39, 0.29) is 6.17 Å². The smallest absolute Gasteiger partial charge is 0.0993 e. The Labute approximate surface area is 106 Å². The molecule has 0 saturated heterocycles. The highest BCUT2D eigenvalue weighted by molar-refractivity contribution is 7.98. The molecular weight excluding hydrogens is 230 g/mol. The van der Waals surface area contributed by atoms with Crippen molar-refractivity contribution in [2.45, 2.75) is 37.8 Å². The zero-order valence-electron chi connectivity index (χ0n) is 10.6. The van der Waals surface area contributed by atoms with Gasteiger partial charge in [-0.05, 0) is 37.3 Å². The van der Waals surface area contributed by atoms with Crippen LogP contribution in [0.4, 0.5) is 0 Å². The number of benzene rings is 1. The van der Waals surface area contributed by atoms with Crippen LogP contribution in [0.25, 0.3) is 10.9 Å². The minimum absolute atomic E-state index is 0.0325. The summed E-state index contributed by atoms with van der Waals surface area (Å²) in [6.07, 6.45) is 3.89. The van der Waals surface area contributed by atoms with Crippen molar-refractivity contribution in [2.24, 2.45) is 5.73 Å². The number of thioether (sulfide) groups is 1. The van der Waals surface area contributed by atoms with Gasteiger partial charge in [-0.2, -0.15) is 5.10 Å². The van der Waals surface area contributed by atoms with Crippen LogP contribution in [0.15, 0.2) is 23.1 Å². The van der Waals surface area contributed by atoms with Gasteiger partial charge in [-0.25, -0.2) is 4.68 Å². The summed E-state index contributed by atoms with van der Waals surface area (Å²) in [7, 11) is 0. The summed E-state index contributed by atoms with van der Waals surface area (Å²) < 4.78 is 1.97. The lowest BCUT2D eigenvalue weighted by Crippen LogP contribution is -2.18. The van der Waals surface area contributed by atoms with Crippen LogP contribution in [0.3, 0.4) is 0 Å². The fraction of sp³-hybridized carbons (Fsp3) is 0.462. The van der Waals surface area contributed by atoms with Crippen LogP contribution in [-0.4, -0.2) is 16.0 Å². The lowest BCUT2D eigenvalue weighted by Gasteiger charge is -2.10. The molecule has 17 heavy (non-hydrogen) atoms. The van der Waals surface area contributed by atoms with Gasteiger partial charge in [0.1, 0.15) is 0 Å². The molecule has 0 bridgehead atoms. The zero-order chi connectivity index (χ0) is 12.4.